The van der Waals surface area contributed by atoms with E-state index in [1.54, 1.807) is 36.5 Å². The van der Waals surface area contributed by atoms with Gasteiger partial charge in [-0.2, -0.15) is 5.26 Å². The molecule has 1 aromatic heterocycles. The Morgan fingerprint density at radius 3 is 2.72 bits per heavy atom. The number of rotatable bonds is 5. The molecule has 0 aliphatic carbocycles. The van der Waals surface area contributed by atoms with Crippen LogP contribution in [0, 0.1) is 11.3 Å². The Hall–Kier alpha value is -3.52. The van der Waals surface area contributed by atoms with Crippen molar-refractivity contribution in [2.45, 2.75) is 6.92 Å². The molecule has 5 heteroatoms. The standard InChI is InChI=1S/C20H17N3O2/c1-2-25-17-9-7-16(8-10-17)23-20(24)14(12-21)11-15-13-22-19-6-4-3-5-18(15)19/h3-11,13,22H,2H2,1H3,(H,23,24). The van der Waals surface area contributed by atoms with Crippen LogP contribution in [0.4, 0.5) is 5.69 Å². The average molecular weight is 331 g/mol. The van der Waals surface area contributed by atoms with Crippen molar-refractivity contribution in [1.82, 2.24) is 4.98 Å². The van der Waals surface area contributed by atoms with E-state index in [2.05, 4.69) is 10.3 Å². The molecule has 0 aliphatic rings. The van der Waals surface area contributed by atoms with Gasteiger partial charge < -0.3 is 15.0 Å². The topological polar surface area (TPSA) is 77.9 Å². The highest BCUT2D eigenvalue weighted by molar-refractivity contribution is 6.10. The van der Waals surface area contributed by atoms with Gasteiger partial charge in [0.25, 0.3) is 5.91 Å². The molecule has 124 valence electrons. The lowest BCUT2D eigenvalue weighted by molar-refractivity contribution is -0.112. The van der Waals surface area contributed by atoms with Crippen LogP contribution in [0.3, 0.4) is 0 Å². The number of carbonyl (C=O) groups is 1. The van der Waals surface area contributed by atoms with Crippen LogP contribution >= 0.6 is 0 Å². The number of ether oxygens (including phenoxy) is 1. The number of benzene rings is 2. The Bertz CT molecular complexity index is 963. The first-order valence-corrected chi connectivity index (χ1v) is 7.93. The van der Waals surface area contributed by atoms with Crippen LogP contribution in [0.1, 0.15) is 12.5 Å². The lowest BCUT2D eigenvalue weighted by atomic mass is 10.1. The zero-order valence-electron chi connectivity index (χ0n) is 13.7. The number of nitrogens with one attached hydrogen (secondary N) is 2. The summed E-state index contributed by atoms with van der Waals surface area (Å²) in [6.07, 6.45) is 3.37. The lowest BCUT2D eigenvalue weighted by Gasteiger charge is -2.06. The summed E-state index contributed by atoms with van der Waals surface area (Å²) in [4.78, 5) is 15.5. The van der Waals surface area contributed by atoms with Gasteiger partial charge in [0.2, 0.25) is 0 Å². The largest absolute Gasteiger partial charge is 0.494 e. The summed E-state index contributed by atoms with van der Waals surface area (Å²) in [5.41, 5.74) is 2.40. The van der Waals surface area contributed by atoms with Crippen LogP contribution in [-0.4, -0.2) is 17.5 Å². The van der Waals surface area contributed by atoms with E-state index >= 15 is 0 Å². The highest BCUT2D eigenvalue weighted by Gasteiger charge is 2.11. The van der Waals surface area contributed by atoms with Gasteiger partial charge >= 0.3 is 0 Å². The van der Waals surface area contributed by atoms with Crippen molar-refractivity contribution in [3.63, 3.8) is 0 Å². The van der Waals surface area contributed by atoms with E-state index in [1.807, 2.05) is 37.3 Å². The molecule has 2 aromatic carbocycles. The molecule has 0 radical (unpaired) electrons. The predicted octanol–water partition coefficient (Wildman–Crippen LogP) is 4.11. The maximum atomic E-state index is 12.4. The van der Waals surface area contributed by atoms with Gasteiger partial charge in [0, 0.05) is 28.4 Å². The number of fused-ring (bicyclic) bond motifs is 1. The highest BCUT2D eigenvalue weighted by Crippen LogP contribution is 2.21. The van der Waals surface area contributed by atoms with Gasteiger partial charge in [-0.25, -0.2) is 0 Å². The molecular weight excluding hydrogens is 314 g/mol. The number of nitriles is 1. The quantitative estimate of drug-likeness (QED) is 0.545. The van der Waals surface area contributed by atoms with E-state index in [9.17, 15) is 10.1 Å². The summed E-state index contributed by atoms with van der Waals surface area (Å²) in [7, 11) is 0. The number of aromatic nitrogens is 1. The summed E-state index contributed by atoms with van der Waals surface area (Å²) in [5, 5.41) is 13.0. The molecule has 1 amide bonds. The number of hydrogen-bond acceptors (Lipinski definition) is 3. The minimum absolute atomic E-state index is 0.0404. The number of anilines is 1. The molecule has 3 rings (SSSR count). The zero-order chi connectivity index (χ0) is 17.6. The van der Waals surface area contributed by atoms with Crippen molar-refractivity contribution in [2.24, 2.45) is 0 Å². The molecule has 5 nitrogen and oxygen atoms in total. The minimum atomic E-state index is -0.447. The third-order valence-corrected chi connectivity index (χ3v) is 3.71. The summed E-state index contributed by atoms with van der Waals surface area (Å²) in [5.74, 6) is 0.285. The summed E-state index contributed by atoms with van der Waals surface area (Å²) in [6, 6.07) is 16.7. The van der Waals surface area contributed by atoms with Crippen LogP contribution in [-0.2, 0) is 4.79 Å². The number of hydrogen-bond donors (Lipinski definition) is 2. The summed E-state index contributed by atoms with van der Waals surface area (Å²) < 4.78 is 5.37. The Morgan fingerprint density at radius 1 is 1.24 bits per heavy atom. The van der Waals surface area contributed by atoms with Gasteiger partial charge in [0.1, 0.15) is 17.4 Å². The van der Waals surface area contributed by atoms with Gasteiger partial charge in [-0.15, -0.1) is 0 Å². The molecule has 0 fully saturated rings. The Balaban J connectivity index is 1.80. The van der Waals surface area contributed by atoms with Gasteiger partial charge in [-0.05, 0) is 43.3 Å². The van der Waals surface area contributed by atoms with E-state index in [0.29, 0.717) is 12.3 Å². The third kappa shape index (κ3) is 3.70. The van der Waals surface area contributed by atoms with Gasteiger partial charge in [0.15, 0.2) is 0 Å². The summed E-state index contributed by atoms with van der Waals surface area (Å²) in [6.45, 7) is 2.49. The molecule has 0 spiro atoms. The van der Waals surface area contributed by atoms with Gasteiger partial charge in [0.05, 0.1) is 6.61 Å². The van der Waals surface area contributed by atoms with E-state index in [4.69, 9.17) is 4.74 Å². The second-order valence-corrected chi connectivity index (χ2v) is 5.37. The number of H-pyrrole nitrogens is 1. The normalized spacial score (nSPS) is 11.1. The smallest absolute Gasteiger partial charge is 0.266 e. The number of nitrogens with zero attached hydrogens (tertiary/aromatic N) is 1. The maximum absolute atomic E-state index is 12.4. The van der Waals surface area contributed by atoms with Crippen LogP contribution in [0.2, 0.25) is 0 Å². The van der Waals surface area contributed by atoms with Gasteiger partial charge in [-0.1, -0.05) is 18.2 Å². The predicted molar refractivity (Wildman–Crippen MR) is 98.1 cm³/mol. The number of amides is 1. The molecule has 0 saturated heterocycles. The van der Waals surface area contributed by atoms with Crippen molar-refractivity contribution in [3.05, 3.63) is 65.9 Å². The number of para-hydroxylation sites is 1. The second kappa shape index (κ2) is 7.37. The molecule has 0 atom stereocenters. The Labute approximate surface area is 145 Å². The van der Waals surface area contributed by atoms with Crippen LogP contribution in [0.5, 0.6) is 5.75 Å². The fourth-order valence-electron chi connectivity index (χ4n) is 2.52. The molecule has 2 N–H and O–H groups in total. The highest BCUT2D eigenvalue weighted by atomic mass is 16.5. The average Bonchev–Trinajstić information content (AvgIpc) is 3.04. The minimum Gasteiger partial charge on any atom is -0.494 e. The Kier molecular flexibility index (Phi) is 4.82. The monoisotopic (exact) mass is 331 g/mol. The van der Waals surface area contributed by atoms with Crippen molar-refractivity contribution in [3.8, 4) is 11.8 Å². The van der Waals surface area contributed by atoms with E-state index in [0.717, 1.165) is 22.2 Å². The van der Waals surface area contributed by atoms with Crippen LogP contribution in [0.15, 0.2) is 60.3 Å². The second-order valence-electron chi connectivity index (χ2n) is 5.37. The maximum Gasteiger partial charge on any atom is 0.266 e. The molecule has 0 unspecified atom stereocenters. The molecule has 1 heterocycles. The van der Waals surface area contributed by atoms with E-state index in [1.165, 1.54) is 0 Å². The SMILES string of the molecule is CCOc1ccc(NC(=O)C(C#N)=Cc2c[nH]c3ccccc23)cc1. The van der Waals surface area contributed by atoms with Crippen molar-refractivity contribution in [1.29, 1.82) is 5.26 Å². The lowest BCUT2D eigenvalue weighted by Crippen LogP contribution is -2.13. The molecule has 0 bridgehead atoms. The summed E-state index contributed by atoms with van der Waals surface area (Å²) >= 11 is 0. The first kappa shape index (κ1) is 16.3. The number of aromatic amines is 1. The molecular formula is C20H17N3O2. The number of carbonyl (C=O) groups excluding carboxylic acids is 1. The van der Waals surface area contributed by atoms with Gasteiger partial charge in [-0.3, -0.25) is 4.79 Å². The van der Waals surface area contributed by atoms with Crippen LogP contribution in [0.25, 0.3) is 17.0 Å². The van der Waals surface area contributed by atoms with E-state index in [-0.39, 0.29) is 5.57 Å². The van der Waals surface area contributed by atoms with Crippen molar-refractivity contribution >= 4 is 28.6 Å². The molecule has 25 heavy (non-hydrogen) atoms. The molecule has 0 saturated carbocycles. The Morgan fingerprint density at radius 2 is 2.00 bits per heavy atom. The fraction of sp³-hybridized carbons (Fsp3) is 0.100. The zero-order valence-corrected chi connectivity index (χ0v) is 13.7. The third-order valence-electron chi connectivity index (χ3n) is 3.71. The van der Waals surface area contributed by atoms with E-state index < -0.39 is 5.91 Å². The van der Waals surface area contributed by atoms with Crippen LogP contribution < -0.4 is 10.1 Å². The first-order valence-electron chi connectivity index (χ1n) is 7.93. The van der Waals surface area contributed by atoms with Crippen molar-refractivity contribution < 1.29 is 9.53 Å². The first-order chi connectivity index (χ1) is 12.2. The molecule has 3 aromatic rings. The molecule has 0 aliphatic heterocycles. The fourth-order valence-corrected chi connectivity index (χ4v) is 2.52. The van der Waals surface area contributed by atoms with Crippen molar-refractivity contribution in [2.75, 3.05) is 11.9 Å².